The van der Waals surface area contributed by atoms with E-state index in [0.29, 0.717) is 17.3 Å². The molecule has 3 aliphatic rings. The number of rotatable bonds is 5. The lowest BCUT2D eigenvalue weighted by atomic mass is 9.75. The van der Waals surface area contributed by atoms with Crippen LogP contribution in [0.2, 0.25) is 0 Å². The SMILES string of the molecule is C=C/C(C(=N)C1CCC2(CC1)CC2)=C(/C=C)C1CC1.CC. The molecular formula is C20H31N. The summed E-state index contributed by atoms with van der Waals surface area (Å²) in [6.07, 6.45) is 14.4. The molecule has 0 saturated heterocycles. The van der Waals surface area contributed by atoms with Gasteiger partial charge in [0.05, 0.1) is 0 Å². The first kappa shape index (κ1) is 16.3. The summed E-state index contributed by atoms with van der Waals surface area (Å²) < 4.78 is 0. The molecule has 0 bridgehead atoms. The molecular weight excluding hydrogens is 254 g/mol. The van der Waals surface area contributed by atoms with Crippen molar-refractivity contribution in [3.05, 3.63) is 36.5 Å². The lowest BCUT2D eigenvalue weighted by Crippen LogP contribution is -2.23. The Labute approximate surface area is 130 Å². The van der Waals surface area contributed by atoms with Crippen molar-refractivity contribution in [3.63, 3.8) is 0 Å². The Hall–Kier alpha value is -1.11. The fourth-order valence-electron chi connectivity index (χ4n) is 3.69. The Morgan fingerprint density at radius 1 is 0.905 bits per heavy atom. The van der Waals surface area contributed by atoms with Crippen LogP contribution in [0.4, 0.5) is 0 Å². The van der Waals surface area contributed by atoms with E-state index in [1.54, 1.807) is 0 Å². The molecule has 0 aliphatic heterocycles. The Morgan fingerprint density at radius 3 is 1.86 bits per heavy atom. The highest BCUT2D eigenvalue weighted by atomic mass is 14.5. The molecule has 3 saturated carbocycles. The van der Waals surface area contributed by atoms with Gasteiger partial charge in [-0.05, 0) is 73.8 Å². The van der Waals surface area contributed by atoms with E-state index in [1.165, 1.54) is 56.9 Å². The highest BCUT2D eigenvalue weighted by molar-refractivity contribution is 6.03. The monoisotopic (exact) mass is 285 g/mol. The molecule has 0 aromatic carbocycles. The number of allylic oxidation sites excluding steroid dienone is 4. The lowest BCUT2D eigenvalue weighted by Gasteiger charge is -2.29. The molecule has 1 nitrogen and oxygen atoms in total. The smallest absolute Gasteiger partial charge is 0.0419 e. The third-order valence-electron chi connectivity index (χ3n) is 5.45. The second kappa shape index (κ2) is 6.77. The van der Waals surface area contributed by atoms with E-state index in [2.05, 4.69) is 13.2 Å². The first-order valence-corrected chi connectivity index (χ1v) is 8.77. The van der Waals surface area contributed by atoms with E-state index >= 15 is 0 Å². The van der Waals surface area contributed by atoms with Gasteiger partial charge in [-0.1, -0.05) is 39.2 Å². The van der Waals surface area contributed by atoms with Crippen LogP contribution in [0.5, 0.6) is 0 Å². The summed E-state index contributed by atoms with van der Waals surface area (Å²) in [4.78, 5) is 0. The molecule has 3 aliphatic carbocycles. The predicted molar refractivity (Wildman–Crippen MR) is 92.8 cm³/mol. The van der Waals surface area contributed by atoms with Gasteiger partial charge in [0.2, 0.25) is 0 Å². The molecule has 0 heterocycles. The highest BCUT2D eigenvalue weighted by Gasteiger charge is 2.45. The topological polar surface area (TPSA) is 23.9 Å². The first-order chi connectivity index (χ1) is 10.2. The highest BCUT2D eigenvalue weighted by Crippen LogP contribution is 2.57. The molecule has 0 radical (unpaired) electrons. The van der Waals surface area contributed by atoms with Gasteiger partial charge in [0.15, 0.2) is 0 Å². The molecule has 3 rings (SSSR count). The van der Waals surface area contributed by atoms with E-state index < -0.39 is 0 Å². The molecule has 0 aromatic rings. The minimum atomic E-state index is 0.466. The van der Waals surface area contributed by atoms with Crippen LogP contribution in [0.3, 0.4) is 0 Å². The maximum absolute atomic E-state index is 8.57. The van der Waals surface area contributed by atoms with Crippen molar-refractivity contribution in [1.29, 1.82) is 5.41 Å². The second-order valence-electron chi connectivity index (χ2n) is 6.74. The molecule has 1 N–H and O–H groups in total. The van der Waals surface area contributed by atoms with E-state index in [-0.39, 0.29) is 0 Å². The van der Waals surface area contributed by atoms with Crippen LogP contribution in [0.25, 0.3) is 0 Å². The Morgan fingerprint density at radius 2 is 1.48 bits per heavy atom. The van der Waals surface area contributed by atoms with Crippen molar-refractivity contribution in [2.75, 3.05) is 0 Å². The van der Waals surface area contributed by atoms with Gasteiger partial charge in [-0.2, -0.15) is 0 Å². The molecule has 1 heteroatoms. The standard InChI is InChI=1S/C18H25N.C2H6/c1-3-15(13-5-6-13)16(4-2)17(19)14-7-9-18(10-8-14)11-12-18;1-2/h3-4,13-14,19H,1-2,5-12H2;1-2H3/b16-15+,19-17?;. The molecule has 1 spiro atoms. The summed E-state index contributed by atoms with van der Waals surface area (Å²) in [6.45, 7) is 11.9. The quantitative estimate of drug-likeness (QED) is 0.467. The van der Waals surface area contributed by atoms with Crippen LogP contribution in [0.1, 0.15) is 65.2 Å². The van der Waals surface area contributed by atoms with Gasteiger partial charge < -0.3 is 5.41 Å². The normalized spacial score (nSPS) is 24.5. The van der Waals surface area contributed by atoms with Gasteiger partial charge in [0.25, 0.3) is 0 Å². The van der Waals surface area contributed by atoms with Crippen LogP contribution in [0.15, 0.2) is 36.5 Å². The van der Waals surface area contributed by atoms with Crippen molar-refractivity contribution in [3.8, 4) is 0 Å². The molecule has 21 heavy (non-hydrogen) atoms. The van der Waals surface area contributed by atoms with Crippen molar-refractivity contribution in [2.45, 2.75) is 65.2 Å². The van der Waals surface area contributed by atoms with Gasteiger partial charge in [0, 0.05) is 11.6 Å². The molecule has 0 atom stereocenters. The maximum atomic E-state index is 8.57. The molecule has 0 unspecified atom stereocenters. The summed E-state index contributed by atoms with van der Waals surface area (Å²) in [5, 5.41) is 8.57. The Bertz CT molecular complexity index is 436. The molecule has 0 amide bonds. The minimum Gasteiger partial charge on any atom is -0.304 e. The van der Waals surface area contributed by atoms with Crippen LogP contribution in [-0.2, 0) is 0 Å². The summed E-state index contributed by atoms with van der Waals surface area (Å²) in [7, 11) is 0. The van der Waals surface area contributed by atoms with Gasteiger partial charge in [-0.15, -0.1) is 0 Å². The molecule has 0 aromatic heterocycles. The Kier molecular flexibility index (Phi) is 5.24. The number of hydrogen-bond acceptors (Lipinski definition) is 1. The van der Waals surface area contributed by atoms with Crippen molar-refractivity contribution >= 4 is 5.71 Å². The van der Waals surface area contributed by atoms with Crippen molar-refractivity contribution < 1.29 is 0 Å². The first-order valence-electron chi connectivity index (χ1n) is 8.77. The van der Waals surface area contributed by atoms with Crippen LogP contribution >= 0.6 is 0 Å². The molecule has 116 valence electrons. The maximum Gasteiger partial charge on any atom is 0.0419 e. The fraction of sp³-hybridized carbons (Fsp3) is 0.650. The van der Waals surface area contributed by atoms with Gasteiger partial charge >= 0.3 is 0 Å². The summed E-state index contributed by atoms with van der Waals surface area (Å²) in [5.74, 6) is 1.12. The average Bonchev–Trinajstić information content (AvgIpc) is 3.44. The summed E-state index contributed by atoms with van der Waals surface area (Å²) >= 11 is 0. The molecule has 3 fully saturated rings. The second-order valence-corrected chi connectivity index (χ2v) is 6.74. The Balaban J connectivity index is 0.000000774. The lowest BCUT2D eigenvalue weighted by molar-refractivity contribution is 0.301. The largest absolute Gasteiger partial charge is 0.304 e. The van der Waals surface area contributed by atoms with E-state index in [1.807, 2.05) is 26.0 Å². The van der Waals surface area contributed by atoms with Crippen LogP contribution < -0.4 is 0 Å². The van der Waals surface area contributed by atoms with Gasteiger partial charge in [0.1, 0.15) is 0 Å². The third-order valence-corrected chi connectivity index (χ3v) is 5.45. The van der Waals surface area contributed by atoms with Crippen molar-refractivity contribution in [1.82, 2.24) is 0 Å². The zero-order valence-electron chi connectivity index (χ0n) is 13.9. The minimum absolute atomic E-state index is 0.466. The zero-order chi connectivity index (χ0) is 15.5. The van der Waals surface area contributed by atoms with Crippen LogP contribution in [0, 0.1) is 22.7 Å². The van der Waals surface area contributed by atoms with E-state index in [9.17, 15) is 0 Å². The van der Waals surface area contributed by atoms with Crippen molar-refractivity contribution in [2.24, 2.45) is 17.3 Å². The predicted octanol–water partition coefficient (Wildman–Crippen LogP) is 6.08. The zero-order valence-corrected chi connectivity index (χ0v) is 13.9. The van der Waals surface area contributed by atoms with E-state index in [0.717, 1.165) is 11.3 Å². The fourth-order valence-corrected chi connectivity index (χ4v) is 3.69. The van der Waals surface area contributed by atoms with E-state index in [4.69, 9.17) is 5.41 Å². The summed E-state index contributed by atoms with van der Waals surface area (Å²) in [6, 6.07) is 0. The third kappa shape index (κ3) is 3.56. The average molecular weight is 285 g/mol. The van der Waals surface area contributed by atoms with Gasteiger partial charge in [-0.25, -0.2) is 0 Å². The van der Waals surface area contributed by atoms with Gasteiger partial charge in [-0.3, -0.25) is 0 Å². The summed E-state index contributed by atoms with van der Waals surface area (Å²) in [5.41, 5.74) is 3.93. The number of hydrogen-bond donors (Lipinski definition) is 1. The van der Waals surface area contributed by atoms with Crippen LogP contribution in [-0.4, -0.2) is 5.71 Å². The number of nitrogens with one attached hydrogen (secondary N) is 1.